The highest BCUT2D eigenvalue weighted by Gasteiger charge is 2.24. The maximum Gasteiger partial charge on any atom is 0.253 e. The quantitative estimate of drug-likeness (QED) is 0.725. The summed E-state index contributed by atoms with van der Waals surface area (Å²) >= 11 is 0. The predicted molar refractivity (Wildman–Crippen MR) is 114 cm³/mol. The molecule has 2 aliphatic rings. The number of ketones is 1. The minimum atomic E-state index is -0.402. The maximum absolute atomic E-state index is 14.4. The topological polar surface area (TPSA) is 53.1 Å². The molecule has 4 rings (SSSR count). The minimum Gasteiger partial charge on any atom is -0.378 e. The summed E-state index contributed by atoms with van der Waals surface area (Å²) in [6, 6.07) is 12.3. The Hall–Kier alpha value is -2.93. The minimum absolute atomic E-state index is 0.00410. The van der Waals surface area contributed by atoms with Crippen LogP contribution in [0.15, 0.2) is 42.5 Å². The van der Waals surface area contributed by atoms with Gasteiger partial charge in [0.15, 0.2) is 5.78 Å². The van der Waals surface area contributed by atoms with E-state index < -0.39 is 5.82 Å². The zero-order valence-electron chi connectivity index (χ0n) is 17.1. The number of carbonyl (C=O) groups excluding carboxylic acids is 2. The molecule has 0 saturated carbocycles. The molecule has 0 radical (unpaired) electrons. The lowest BCUT2D eigenvalue weighted by molar-refractivity contribution is 0.0746. The molecule has 2 heterocycles. The van der Waals surface area contributed by atoms with Crippen molar-refractivity contribution in [2.75, 3.05) is 62.3 Å². The summed E-state index contributed by atoms with van der Waals surface area (Å²) in [4.78, 5) is 30.3. The van der Waals surface area contributed by atoms with Crippen molar-refractivity contribution in [2.45, 2.75) is 6.92 Å². The van der Waals surface area contributed by atoms with Gasteiger partial charge in [0.05, 0.1) is 18.9 Å². The number of morpholine rings is 1. The van der Waals surface area contributed by atoms with E-state index in [0.29, 0.717) is 43.0 Å². The van der Waals surface area contributed by atoms with Gasteiger partial charge in [-0.05, 0) is 49.4 Å². The second-order valence-corrected chi connectivity index (χ2v) is 7.65. The van der Waals surface area contributed by atoms with Gasteiger partial charge in [0, 0.05) is 56.1 Å². The number of nitrogens with zero attached hydrogens (tertiary/aromatic N) is 3. The second kappa shape index (κ2) is 8.83. The predicted octanol–water partition coefficient (Wildman–Crippen LogP) is 2.83. The summed E-state index contributed by atoms with van der Waals surface area (Å²) in [7, 11) is 0. The summed E-state index contributed by atoms with van der Waals surface area (Å²) in [5, 5.41) is 0. The average Bonchev–Trinajstić information content (AvgIpc) is 2.79. The van der Waals surface area contributed by atoms with E-state index in [-0.39, 0.29) is 11.7 Å². The molecule has 158 valence electrons. The van der Waals surface area contributed by atoms with Gasteiger partial charge < -0.3 is 19.4 Å². The molecule has 0 unspecified atom stereocenters. The van der Waals surface area contributed by atoms with Crippen molar-refractivity contribution in [1.82, 2.24) is 4.90 Å². The van der Waals surface area contributed by atoms with Crippen molar-refractivity contribution in [3.05, 3.63) is 59.4 Å². The summed E-state index contributed by atoms with van der Waals surface area (Å²) in [6.45, 7) is 6.74. The van der Waals surface area contributed by atoms with Gasteiger partial charge in [0.25, 0.3) is 5.91 Å². The first kappa shape index (κ1) is 20.3. The third-order valence-corrected chi connectivity index (χ3v) is 5.75. The Bertz CT molecular complexity index is 918. The molecule has 7 heteroatoms. The number of benzene rings is 2. The van der Waals surface area contributed by atoms with E-state index in [9.17, 15) is 14.0 Å². The van der Waals surface area contributed by atoms with Gasteiger partial charge >= 0.3 is 0 Å². The number of ether oxygens (including phenoxy) is 1. The van der Waals surface area contributed by atoms with Crippen molar-refractivity contribution < 1.29 is 18.7 Å². The highest BCUT2D eigenvalue weighted by molar-refractivity contribution is 5.95. The first-order chi connectivity index (χ1) is 14.5. The Labute approximate surface area is 175 Å². The monoisotopic (exact) mass is 411 g/mol. The molecule has 2 fully saturated rings. The van der Waals surface area contributed by atoms with Crippen molar-refractivity contribution in [1.29, 1.82) is 0 Å². The first-order valence-electron chi connectivity index (χ1n) is 10.3. The van der Waals surface area contributed by atoms with Crippen LogP contribution in [0.4, 0.5) is 15.8 Å². The van der Waals surface area contributed by atoms with E-state index in [1.54, 1.807) is 12.1 Å². The average molecular weight is 411 g/mol. The molecule has 0 atom stereocenters. The molecule has 1 amide bonds. The fourth-order valence-corrected chi connectivity index (χ4v) is 3.95. The summed E-state index contributed by atoms with van der Waals surface area (Å²) in [6.07, 6.45) is 0. The lowest BCUT2D eigenvalue weighted by Gasteiger charge is -2.36. The standard InChI is InChI=1S/C23H26FN3O3/c1-17(28)19-4-7-22(21(24)16-19)26-8-10-27(11-9-26)23(29)18-2-5-20(6-3-18)25-12-14-30-15-13-25/h2-7,16H,8-15H2,1H3. The highest BCUT2D eigenvalue weighted by Crippen LogP contribution is 2.23. The van der Waals surface area contributed by atoms with E-state index in [1.807, 2.05) is 34.1 Å². The fourth-order valence-electron chi connectivity index (χ4n) is 3.95. The highest BCUT2D eigenvalue weighted by atomic mass is 19.1. The van der Waals surface area contributed by atoms with E-state index in [1.165, 1.54) is 13.0 Å². The van der Waals surface area contributed by atoms with Crippen molar-refractivity contribution in [3.8, 4) is 0 Å². The summed E-state index contributed by atoms with van der Waals surface area (Å²) in [5.41, 5.74) is 2.61. The molecule has 0 aromatic heterocycles. The van der Waals surface area contributed by atoms with Crippen LogP contribution in [0.25, 0.3) is 0 Å². The second-order valence-electron chi connectivity index (χ2n) is 7.65. The lowest BCUT2D eigenvalue weighted by atomic mass is 10.1. The van der Waals surface area contributed by atoms with Crippen LogP contribution in [0.1, 0.15) is 27.6 Å². The first-order valence-corrected chi connectivity index (χ1v) is 10.3. The van der Waals surface area contributed by atoms with Crippen molar-refractivity contribution in [2.24, 2.45) is 0 Å². The van der Waals surface area contributed by atoms with Gasteiger partial charge in [-0.15, -0.1) is 0 Å². The van der Waals surface area contributed by atoms with Crippen LogP contribution in [-0.4, -0.2) is 69.1 Å². The molecule has 2 aromatic carbocycles. The summed E-state index contributed by atoms with van der Waals surface area (Å²) < 4.78 is 19.8. The van der Waals surface area contributed by atoms with Crippen LogP contribution >= 0.6 is 0 Å². The number of amides is 1. The van der Waals surface area contributed by atoms with Crippen molar-refractivity contribution in [3.63, 3.8) is 0 Å². The number of anilines is 2. The van der Waals surface area contributed by atoms with Crippen LogP contribution in [-0.2, 0) is 4.74 Å². The van der Waals surface area contributed by atoms with E-state index in [2.05, 4.69) is 4.90 Å². The van der Waals surface area contributed by atoms with E-state index in [4.69, 9.17) is 4.74 Å². The molecule has 6 nitrogen and oxygen atoms in total. The van der Waals surface area contributed by atoms with Gasteiger partial charge in [-0.3, -0.25) is 9.59 Å². The number of rotatable bonds is 4. The molecule has 2 aromatic rings. The molecule has 0 bridgehead atoms. The third kappa shape index (κ3) is 4.31. The molecule has 0 N–H and O–H groups in total. The Morgan fingerprint density at radius 1 is 0.833 bits per heavy atom. The number of carbonyl (C=O) groups is 2. The molecular formula is C23H26FN3O3. The zero-order chi connectivity index (χ0) is 21.1. The largest absolute Gasteiger partial charge is 0.378 e. The van der Waals surface area contributed by atoms with Gasteiger partial charge in [0.1, 0.15) is 5.82 Å². The molecule has 0 aliphatic carbocycles. The van der Waals surface area contributed by atoms with Crippen LogP contribution in [0, 0.1) is 5.82 Å². The Kier molecular flexibility index (Phi) is 5.99. The van der Waals surface area contributed by atoms with Gasteiger partial charge in [-0.2, -0.15) is 0 Å². The number of piperazine rings is 1. The normalized spacial score (nSPS) is 17.2. The van der Waals surface area contributed by atoms with E-state index in [0.717, 1.165) is 32.0 Å². The lowest BCUT2D eigenvalue weighted by Crippen LogP contribution is -2.49. The molecule has 30 heavy (non-hydrogen) atoms. The fraction of sp³-hybridized carbons (Fsp3) is 0.391. The molecule has 2 saturated heterocycles. The van der Waals surface area contributed by atoms with Gasteiger partial charge in [-0.1, -0.05) is 0 Å². The number of Topliss-reactive ketones (excluding diaryl/α,β-unsaturated/α-hetero) is 1. The van der Waals surface area contributed by atoms with Crippen LogP contribution < -0.4 is 9.80 Å². The molecular weight excluding hydrogens is 385 g/mol. The van der Waals surface area contributed by atoms with Crippen LogP contribution in [0.5, 0.6) is 0 Å². The van der Waals surface area contributed by atoms with Gasteiger partial charge in [0.2, 0.25) is 0 Å². The van der Waals surface area contributed by atoms with E-state index >= 15 is 0 Å². The smallest absolute Gasteiger partial charge is 0.253 e. The third-order valence-electron chi connectivity index (χ3n) is 5.75. The van der Waals surface area contributed by atoms with Crippen LogP contribution in [0.3, 0.4) is 0 Å². The SMILES string of the molecule is CC(=O)c1ccc(N2CCN(C(=O)c3ccc(N4CCOCC4)cc3)CC2)c(F)c1. The van der Waals surface area contributed by atoms with Crippen molar-refractivity contribution >= 4 is 23.1 Å². The summed E-state index contributed by atoms with van der Waals surface area (Å²) in [5.74, 6) is -0.563. The van der Waals surface area contributed by atoms with Crippen LogP contribution in [0.2, 0.25) is 0 Å². The molecule has 0 spiro atoms. The molecule has 2 aliphatic heterocycles. The Morgan fingerprint density at radius 2 is 1.47 bits per heavy atom. The van der Waals surface area contributed by atoms with Gasteiger partial charge in [-0.25, -0.2) is 4.39 Å². The number of hydrogen-bond acceptors (Lipinski definition) is 5. The zero-order valence-corrected chi connectivity index (χ0v) is 17.1. The Morgan fingerprint density at radius 3 is 2.07 bits per heavy atom. The Balaban J connectivity index is 1.37. The number of halogens is 1. The number of hydrogen-bond donors (Lipinski definition) is 0. The maximum atomic E-state index is 14.4.